The summed E-state index contributed by atoms with van der Waals surface area (Å²) in [4.78, 5) is 27.5. The van der Waals surface area contributed by atoms with Crippen LogP contribution in [0.15, 0.2) is 35.1 Å². The first-order valence-electron chi connectivity index (χ1n) is 6.14. The largest absolute Gasteiger partial charge is 0.438 e. The van der Waals surface area contributed by atoms with Crippen LogP contribution in [0.3, 0.4) is 0 Å². The number of oxazole rings is 1. The fraction of sp³-hybridized carbons (Fsp3) is 0.214. The van der Waals surface area contributed by atoms with E-state index >= 15 is 0 Å². The number of carbonyl (C=O) groups excluding carboxylic acids is 2. The normalized spacial score (nSPS) is 10.6. The number of aromatic nitrogens is 1. The lowest BCUT2D eigenvalue weighted by Crippen LogP contribution is -2.19. The molecule has 2 rings (SSSR count). The number of nitrogens with zero attached hydrogens (tertiary/aromatic N) is 1. The van der Waals surface area contributed by atoms with E-state index in [1.807, 2.05) is 13.8 Å². The van der Waals surface area contributed by atoms with Crippen molar-refractivity contribution in [3.8, 4) is 0 Å². The number of primary amides is 1. The maximum absolute atomic E-state index is 12.2. The van der Waals surface area contributed by atoms with Crippen molar-refractivity contribution in [3.63, 3.8) is 0 Å². The summed E-state index contributed by atoms with van der Waals surface area (Å²) in [6.07, 6.45) is 1.23. The molecule has 0 aliphatic carbocycles. The van der Waals surface area contributed by atoms with Crippen molar-refractivity contribution >= 4 is 17.5 Å². The highest BCUT2D eigenvalue weighted by atomic mass is 16.3. The van der Waals surface area contributed by atoms with Crippen molar-refractivity contribution < 1.29 is 14.0 Å². The van der Waals surface area contributed by atoms with Crippen LogP contribution in [0.5, 0.6) is 0 Å². The zero-order valence-electron chi connectivity index (χ0n) is 11.2. The van der Waals surface area contributed by atoms with Gasteiger partial charge in [-0.25, -0.2) is 4.98 Å². The molecule has 0 unspecified atom stereocenters. The molecule has 2 amide bonds. The van der Waals surface area contributed by atoms with Crippen molar-refractivity contribution in [2.75, 3.05) is 5.32 Å². The van der Waals surface area contributed by atoms with Crippen LogP contribution in [0.2, 0.25) is 0 Å². The molecule has 0 saturated heterocycles. The third kappa shape index (κ3) is 2.69. The van der Waals surface area contributed by atoms with Crippen LogP contribution < -0.4 is 11.1 Å². The Hall–Kier alpha value is -2.63. The molecule has 0 aliphatic rings. The van der Waals surface area contributed by atoms with Crippen LogP contribution in [-0.4, -0.2) is 16.8 Å². The molecule has 0 bridgehead atoms. The molecule has 1 aromatic carbocycles. The molecule has 104 valence electrons. The number of nitrogens with two attached hydrogens (primary N) is 1. The lowest BCUT2D eigenvalue weighted by atomic mass is 10.1. The molecule has 3 N–H and O–H groups in total. The molecular formula is C14H15N3O3. The van der Waals surface area contributed by atoms with Gasteiger partial charge < -0.3 is 15.5 Å². The number of benzene rings is 1. The molecule has 6 nitrogen and oxygen atoms in total. The summed E-state index contributed by atoms with van der Waals surface area (Å²) in [6.45, 7) is 3.82. The Labute approximate surface area is 116 Å². The van der Waals surface area contributed by atoms with E-state index in [4.69, 9.17) is 10.2 Å². The van der Waals surface area contributed by atoms with E-state index in [0.717, 1.165) is 0 Å². The minimum absolute atomic E-state index is 0.0564. The summed E-state index contributed by atoms with van der Waals surface area (Å²) < 4.78 is 5.12. The number of rotatable bonds is 4. The summed E-state index contributed by atoms with van der Waals surface area (Å²) in [5.74, 6) is -0.873. The van der Waals surface area contributed by atoms with E-state index in [2.05, 4.69) is 10.3 Å². The van der Waals surface area contributed by atoms with Crippen molar-refractivity contribution in [1.82, 2.24) is 4.98 Å². The summed E-state index contributed by atoms with van der Waals surface area (Å²) in [5.41, 5.74) is 6.42. The Balaban J connectivity index is 2.29. The maximum Gasteiger partial charge on any atom is 0.293 e. The molecule has 0 fully saturated rings. The first-order chi connectivity index (χ1) is 9.50. The maximum atomic E-state index is 12.2. The quantitative estimate of drug-likeness (QED) is 0.891. The summed E-state index contributed by atoms with van der Waals surface area (Å²) in [5, 5.41) is 2.62. The number of para-hydroxylation sites is 1. The fourth-order valence-electron chi connectivity index (χ4n) is 1.82. The van der Waals surface area contributed by atoms with E-state index in [-0.39, 0.29) is 17.2 Å². The van der Waals surface area contributed by atoms with Crippen LogP contribution in [-0.2, 0) is 0 Å². The molecule has 20 heavy (non-hydrogen) atoms. The average molecular weight is 273 g/mol. The Morgan fingerprint density at radius 2 is 2.00 bits per heavy atom. The Kier molecular flexibility index (Phi) is 3.84. The lowest BCUT2D eigenvalue weighted by molar-refractivity contribution is 0.0995. The van der Waals surface area contributed by atoms with Crippen molar-refractivity contribution in [3.05, 3.63) is 47.7 Å². The number of carbonyl (C=O) groups is 2. The molecule has 0 atom stereocenters. The minimum atomic E-state index is -0.609. The molecule has 0 aliphatic heterocycles. The second kappa shape index (κ2) is 5.56. The van der Waals surface area contributed by atoms with Gasteiger partial charge in [0.2, 0.25) is 5.76 Å². The van der Waals surface area contributed by atoms with Crippen LogP contribution in [0, 0.1) is 0 Å². The van der Waals surface area contributed by atoms with Gasteiger partial charge in [0.1, 0.15) is 0 Å². The first-order valence-corrected chi connectivity index (χ1v) is 6.14. The smallest absolute Gasteiger partial charge is 0.293 e. The van der Waals surface area contributed by atoms with Crippen LogP contribution in [0.4, 0.5) is 5.69 Å². The topological polar surface area (TPSA) is 98.2 Å². The van der Waals surface area contributed by atoms with Gasteiger partial charge in [0, 0.05) is 0 Å². The molecule has 0 radical (unpaired) electrons. The Bertz CT molecular complexity index is 647. The summed E-state index contributed by atoms with van der Waals surface area (Å²) >= 11 is 0. The number of hydrogen-bond acceptors (Lipinski definition) is 4. The van der Waals surface area contributed by atoms with Crippen LogP contribution in [0.1, 0.15) is 46.4 Å². The standard InChI is InChI=1S/C14H15N3O3/c1-8(2)11-12(20-7-16-11)14(19)17-10-6-4-3-5-9(10)13(15)18/h3-8H,1-2H3,(H2,15,18)(H,17,19). The molecule has 2 aromatic rings. The summed E-state index contributed by atoms with van der Waals surface area (Å²) in [6, 6.07) is 6.51. The number of anilines is 1. The number of amides is 2. The molecule has 6 heteroatoms. The predicted octanol–water partition coefficient (Wildman–Crippen LogP) is 2.15. The van der Waals surface area contributed by atoms with Gasteiger partial charge >= 0.3 is 0 Å². The highest BCUT2D eigenvalue weighted by Crippen LogP contribution is 2.20. The van der Waals surface area contributed by atoms with Gasteiger partial charge in [0.15, 0.2) is 6.39 Å². The SMILES string of the molecule is CC(C)c1ncoc1C(=O)Nc1ccccc1C(N)=O. The predicted molar refractivity (Wildman–Crippen MR) is 73.5 cm³/mol. The Morgan fingerprint density at radius 3 is 2.65 bits per heavy atom. The molecule has 1 heterocycles. The van der Waals surface area contributed by atoms with Gasteiger partial charge in [-0.2, -0.15) is 0 Å². The molecule has 0 spiro atoms. The highest BCUT2D eigenvalue weighted by Gasteiger charge is 2.20. The zero-order chi connectivity index (χ0) is 14.7. The minimum Gasteiger partial charge on any atom is -0.438 e. The van der Waals surface area contributed by atoms with E-state index < -0.39 is 11.8 Å². The van der Waals surface area contributed by atoms with E-state index in [0.29, 0.717) is 11.4 Å². The monoisotopic (exact) mass is 273 g/mol. The van der Waals surface area contributed by atoms with Gasteiger partial charge in [-0.3, -0.25) is 9.59 Å². The van der Waals surface area contributed by atoms with Crippen LogP contribution >= 0.6 is 0 Å². The first kappa shape index (κ1) is 13.8. The van der Waals surface area contributed by atoms with Gasteiger partial charge in [-0.05, 0) is 18.1 Å². The van der Waals surface area contributed by atoms with Crippen molar-refractivity contribution in [2.24, 2.45) is 5.73 Å². The second-order valence-electron chi connectivity index (χ2n) is 4.59. The molecular weight excluding hydrogens is 258 g/mol. The third-order valence-electron chi connectivity index (χ3n) is 2.79. The lowest BCUT2D eigenvalue weighted by Gasteiger charge is -2.08. The van der Waals surface area contributed by atoms with Gasteiger partial charge in [0.05, 0.1) is 16.9 Å². The fourth-order valence-corrected chi connectivity index (χ4v) is 1.82. The van der Waals surface area contributed by atoms with Gasteiger partial charge in [-0.15, -0.1) is 0 Å². The zero-order valence-corrected chi connectivity index (χ0v) is 11.2. The molecule has 0 saturated carbocycles. The van der Waals surface area contributed by atoms with Crippen LogP contribution in [0.25, 0.3) is 0 Å². The highest BCUT2D eigenvalue weighted by molar-refractivity contribution is 6.07. The second-order valence-corrected chi connectivity index (χ2v) is 4.59. The van der Waals surface area contributed by atoms with E-state index in [1.54, 1.807) is 24.3 Å². The van der Waals surface area contributed by atoms with E-state index in [9.17, 15) is 9.59 Å². The van der Waals surface area contributed by atoms with Crippen molar-refractivity contribution in [2.45, 2.75) is 19.8 Å². The van der Waals surface area contributed by atoms with Gasteiger partial charge in [-0.1, -0.05) is 26.0 Å². The molecule has 1 aromatic heterocycles. The number of hydrogen-bond donors (Lipinski definition) is 2. The van der Waals surface area contributed by atoms with Gasteiger partial charge in [0.25, 0.3) is 11.8 Å². The van der Waals surface area contributed by atoms with Crippen molar-refractivity contribution in [1.29, 1.82) is 0 Å². The summed E-state index contributed by atoms with van der Waals surface area (Å²) in [7, 11) is 0. The average Bonchev–Trinajstić information content (AvgIpc) is 2.88. The van der Waals surface area contributed by atoms with E-state index in [1.165, 1.54) is 6.39 Å². The number of nitrogens with one attached hydrogen (secondary N) is 1. The Morgan fingerprint density at radius 1 is 1.30 bits per heavy atom. The third-order valence-corrected chi connectivity index (χ3v) is 2.79.